The Morgan fingerprint density at radius 3 is 2.31 bits per heavy atom. The van der Waals surface area contributed by atoms with Crippen LogP contribution in [0.2, 0.25) is 19.6 Å². The van der Waals surface area contributed by atoms with Crippen LogP contribution in [0.25, 0.3) is 42.7 Å². The van der Waals surface area contributed by atoms with E-state index in [1.165, 1.54) is 68.6 Å². The third kappa shape index (κ3) is 7.72. The number of benzene rings is 3. The van der Waals surface area contributed by atoms with E-state index < -0.39 is 8.07 Å². The molecule has 6 aromatic rings. The molecule has 0 atom stereocenters. The first-order valence-electron chi connectivity index (χ1n) is 16.0. The minimum absolute atomic E-state index is 0. The third-order valence-electron chi connectivity index (χ3n) is 8.85. The molecule has 0 aliphatic heterocycles. The van der Waals surface area contributed by atoms with E-state index in [4.69, 9.17) is 4.98 Å². The molecular weight excluding hydrogens is 761 g/mol. The van der Waals surface area contributed by atoms with E-state index in [-0.39, 0.29) is 20.1 Å². The van der Waals surface area contributed by atoms with Crippen molar-refractivity contribution in [1.82, 2.24) is 9.97 Å². The Kier molecular flexibility index (Phi) is 10.9. The molecule has 0 spiro atoms. The van der Waals surface area contributed by atoms with E-state index in [2.05, 4.69) is 105 Å². The van der Waals surface area contributed by atoms with Gasteiger partial charge in [-0.3, -0.25) is 0 Å². The Bertz CT molecular complexity index is 1850. The van der Waals surface area contributed by atoms with Gasteiger partial charge in [0, 0.05) is 37.2 Å². The maximum Gasteiger partial charge on any atom is 0.0776 e. The minimum atomic E-state index is -1.32. The number of fused-ring (bicyclic) bond motifs is 3. The van der Waals surface area contributed by atoms with Gasteiger partial charge in [-0.25, -0.2) is 0 Å². The number of nitrogens with zero attached hydrogens (tertiary/aromatic N) is 2. The van der Waals surface area contributed by atoms with Gasteiger partial charge in [0.15, 0.2) is 0 Å². The van der Waals surface area contributed by atoms with Gasteiger partial charge in [-0.15, -0.1) is 59.7 Å². The van der Waals surface area contributed by atoms with Gasteiger partial charge in [0.25, 0.3) is 0 Å². The second-order valence-corrected chi connectivity index (χ2v) is 19.5. The molecule has 5 heteroatoms. The Morgan fingerprint density at radius 2 is 1.62 bits per heavy atom. The first kappa shape index (κ1) is 33.4. The van der Waals surface area contributed by atoms with Crippen molar-refractivity contribution in [3.05, 3.63) is 115 Å². The van der Waals surface area contributed by atoms with Crippen LogP contribution in [0.5, 0.6) is 0 Å². The Hall–Kier alpha value is -2.95. The molecule has 0 amide bonds. The van der Waals surface area contributed by atoms with Crippen LogP contribution in [0.3, 0.4) is 0 Å². The fourth-order valence-corrected chi connectivity index (χ4v) is 8.64. The summed E-state index contributed by atoms with van der Waals surface area (Å²) >= 11 is 1.91. The molecule has 0 N–H and O–H groups in total. The number of hydrogen-bond donors (Lipinski definition) is 0. The first-order valence-corrected chi connectivity index (χ1v) is 20.4. The van der Waals surface area contributed by atoms with Crippen LogP contribution in [-0.4, -0.2) is 18.0 Å². The normalized spacial score (nSPS) is 13.8. The van der Waals surface area contributed by atoms with Gasteiger partial charge in [0.05, 0.1) is 8.07 Å². The summed E-state index contributed by atoms with van der Waals surface area (Å²) in [4.78, 5) is 9.20. The van der Waals surface area contributed by atoms with Crippen LogP contribution in [0.15, 0.2) is 91.3 Å². The SMILES string of the molecule is CC(C)c1ccc(-c2[c-]cccc2)nc1.C[Si](C)(C)c1ccc2c(c1)sc1c(-c3cc(C4CCCCC4)ccn3)[c-]ccc12.[Ir]. The average Bonchev–Trinajstić information content (AvgIpc) is 3.44. The van der Waals surface area contributed by atoms with Crippen molar-refractivity contribution in [1.29, 1.82) is 0 Å². The number of thiophene rings is 1. The predicted molar refractivity (Wildman–Crippen MR) is 193 cm³/mol. The standard InChI is InChI=1S/C26H28NSSi.C14H14N.Ir/c1-29(2,3)20-12-13-21-22-10-7-11-23(26(22)28-25(21)17-20)24-16-19(14-15-27-24)18-8-5-4-6-9-18;1-11(2)13-8-9-14(15-10-13)12-6-4-3-5-7-12;/h7,10,12-18H,4-6,8-9H2,1-3H3;3-6,8-11H,1-2H3;/q2*-1;. The summed E-state index contributed by atoms with van der Waals surface area (Å²) in [5, 5.41) is 4.23. The quantitative estimate of drug-likeness (QED) is 0.128. The number of rotatable bonds is 5. The van der Waals surface area contributed by atoms with Crippen molar-refractivity contribution in [3.8, 4) is 22.5 Å². The van der Waals surface area contributed by atoms with Gasteiger partial charge in [-0.1, -0.05) is 99.2 Å². The van der Waals surface area contributed by atoms with Crippen molar-refractivity contribution in [2.75, 3.05) is 0 Å². The molecule has 1 radical (unpaired) electrons. The number of aromatic nitrogens is 2. The van der Waals surface area contributed by atoms with Crippen LogP contribution in [0, 0.1) is 12.1 Å². The Labute approximate surface area is 287 Å². The van der Waals surface area contributed by atoms with Gasteiger partial charge >= 0.3 is 0 Å². The van der Waals surface area contributed by atoms with Crippen LogP contribution in [0.1, 0.15) is 68.9 Å². The second-order valence-electron chi connectivity index (χ2n) is 13.4. The maximum absolute atomic E-state index is 4.76. The number of pyridine rings is 2. The van der Waals surface area contributed by atoms with Crippen molar-refractivity contribution < 1.29 is 20.1 Å². The van der Waals surface area contributed by atoms with E-state index in [1.54, 1.807) is 0 Å². The van der Waals surface area contributed by atoms with Crippen LogP contribution in [0.4, 0.5) is 0 Å². The second kappa shape index (κ2) is 14.6. The van der Waals surface area contributed by atoms with Crippen molar-refractivity contribution >= 4 is 44.8 Å². The fourth-order valence-electron chi connectivity index (χ4n) is 6.13. The molecule has 0 saturated heterocycles. The molecule has 3 aromatic heterocycles. The molecule has 1 fully saturated rings. The van der Waals surface area contributed by atoms with Crippen molar-refractivity contribution in [3.63, 3.8) is 0 Å². The van der Waals surface area contributed by atoms with Crippen LogP contribution < -0.4 is 5.19 Å². The van der Waals surface area contributed by atoms with E-state index in [0.29, 0.717) is 11.8 Å². The summed E-state index contributed by atoms with van der Waals surface area (Å²) in [7, 11) is -1.32. The van der Waals surface area contributed by atoms with E-state index in [0.717, 1.165) is 22.5 Å². The summed E-state index contributed by atoms with van der Waals surface area (Å²) in [6, 6.07) is 34.7. The molecule has 0 bridgehead atoms. The van der Waals surface area contributed by atoms with E-state index in [9.17, 15) is 0 Å². The summed E-state index contributed by atoms with van der Waals surface area (Å²) < 4.78 is 2.72. The molecule has 1 aliphatic rings. The smallest absolute Gasteiger partial charge is 0.0776 e. The molecule has 1 saturated carbocycles. The zero-order valence-corrected chi connectivity index (χ0v) is 31.2. The summed E-state index contributed by atoms with van der Waals surface area (Å²) in [6.45, 7) is 11.6. The van der Waals surface area contributed by atoms with E-state index >= 15 is 0 Å². The fraction of sp³-hybridized carbons (Fsp3) is 0.300. The van der Waals surface area contributed by atoms with Crippen molar-refractivity contribution in [2.24, 2.45) is 0 Å². The Morgan fingerprint density at radius 1 is 0.800 bits per heavy atom. The molecule has 233 valence electrons. The van der Waals surface area contributed by atoms with Crippen LogP contribution >= 0.6 is 11.3 Å². The number of hydrogen-bond acceptors (Lipinski definition) is 3. The molecule has 2 nitrogen and oxygen atoms in total. The van der Waals surface area contributed by atoms with Gasteiger partial charge in [0.1, 0.15) is 0 Å². The minimum Gasteiger partial charge on any atom is -0.305 e. The Balaban J connectivity index is 0.000000212. The van der Waals surface area contributed by atoms with Crippen molar-refractivity contribution in [2.45, 2.75) is 77.4 Å². The summed E-state index contributed by atoms with van der Waals surface area (Å²) in [5.74, 6) is 1.23. The first-order chi connectivity index (χ1) is 21.3. The molecule has 3 aromatic carbocycles. The molecule has 1 aliphatic carbocycles. The maximum atomic E-state index is 4.76. The summed E-state index contributed by atoms with van der Waals surface area (Å²) in [6.07, 6.45) is 10.7. The zero-order chi connectivity index (χ0) is 30.7. The topological polar surface area (TPSA) is 25.8 Å². The monoisotopic (exact) mass is 803 g/mol. The predicted octanol–water partition coefficient (Wildman–Crippen LogP) is 11.2. The third-order valence-corrected chi connectivity index (χ3v) is 12.1. The molecular formula is C40H42IrN2SSi-2. The van der Waals surface area contributed by atoms with Gasteiger partial charge < -0.3 is 9.97 Å². The average molecular weight is 803 g/mol. The summed E-state index contributed by atoms with van der Waals surface area (Å²) in [5.41, 5.74) is 7.01. The molecule has 0 unspecified atom stereocenters. The van der Waals surface area contributed by atoms with Crippen LogP contribution in [-0.2, 0) is 20.1 Å². The van der Waals surface area contributed by atoms with Gasteiger partial charge in [0.2, 0.25) is 0 Å². The largest absolute Gasteiger partial charge is 0.305 e. The zero-order valence-electron chi connectivity index (χ0n) is 27.0. The van der Waals surface area contributed by atoms with Gasteiger partial charge in [-0.2, -0.15) is 11.3 Å². The van der Waals surface area contributed by atoms with E-state index in [1.807, 2.05) is 48.0 Å². The molecule has 45 heavy (non-hydrogen) atoms. The van der Waals surface area contributed by atoms with Gasteiger partial charge in [-0.05, 0) is 63.8 Å². The molecule has 7 rings (SSSR count). The molecule has 3 heterocycles.